The molecule has 0 bridgehead atoms. The Balaban J connectivity index is 2.64. The number of sulfonamides is 1. The molecule has 0 saturated carbocycles. The van der Waals surface area contributed by atoms with Gasteiger partial charge in [0.15, 0.2) is 5.15 Å². The topological polar surface area (TPSA) is 85.4 Å². The lowest BCUT2D eigenvalue weighted by Gasteiger charge is -2.09. The van der Waals surface area contributed by atoms with Crippen molar-refractivity contribution in [1.29, 1.82) is 0 Å². The van der Waals surface area contributed by atoms with Crippen LogP contribution < -0.4 is 4.72 Å². The SMILES string of the molecule is COC(=O)CCCS(=O)(=O)Nc1cc(Br)cnc1Cl. The van der Waals surface area contributed by atoms with Crippen LogP contribution in [-0.2, 0) is 19.6 Å². The summed E-state index contributed by atoms with van der Waals surface area (Å²) >= 11 is 8.94. The van der Waals surface area contributed by atoms with Crippen LogP contribution in [0.4, 0.5) is 5.69 Å². The molecule has 0 aliphatic rings. The first-order valence-corrected chi connectivity index (χ1v) is 8.05. The third kappa shape index (κ3) is 5.75. The summed E-state index contributed by atoms with van der Waals surface area (Å²) in [5.74, 6) is -0.650. The Bertz CT molecular complexity index is 565. The Morgan fingerprint density at radius 3 is 2.89 bits per heavy atom. The molecule has 0 atom stereocenters. The first-order chi connectivity index (χ1) is 8.84. The molecule has 1 aromatic heterocycles. The molecule has 6 nitrogen and oxygen atoms in total. The number of aromatic nitrogens is 1. The molecular weight excluding hydrogens is 360 g/mol. The molecule has 0 radical (unpaired) electrons. The molecule has 106 valence electrons. The molecule has 0 aromatic carbocycles. The highest BCUT2D eigenvalue weighted by atomic mass is 79.9. The van der Waals surface area contributed by atoms with E-state index < -0.39 is 16.0 Å². The molecule has 0 aliphatic heterocycles. The van der Waals surface area contributed by atoms with Gasteiger partial charge in [0.1, 0.15) is 0 Å². The average Bonchev–Trinajstić information content (AvgIpc) is 2.33. The second kappa shape index (κ2) is 7.06. The van der Waals surface area contributed by atoms with Crippen molar-refractivity contribution in [1.82, 2.24) is 4.98 Å². The number of anilines is 1. The van der Waals surface area contributed by atoms with E-state index >= 15 is 0 Å². The van der Waals surface area contributed by atoms with Gasteiger partial charge in [0.25, 0.3) is 0 Å². The van der Waals surface area contributed by atoms with Crippen LogP contribution in [0.2, 0.25) is 5.15 Å². The highest BCUT2D eigenvalue weighted by molar-refractivity contribution is 9.10. The van der Waals surface area contributed by atoms with Gasteiger partial charge >= 0.3 is 5.97 Å². The maximum Gasteiger partial charge on any atom is 0.305 e. The molecule has 0 unspecified atom stereocenters. The molecular formula is C10H12BrClN2O4S. The Morgan fingerprint density at radius 2 is 2.26 bits per heavy atom. The van der Waals surface area contributed by atoms with Gasteiger partial charge < -0.3 is 4.74 Å². The normalized spacial score (nSPS) is 11.1. The van der Waals surface area contributed by atoms with Crippen molar-refractivity contribution in [3.8, 4) is 0 Å². The zero-order chi connectivity index (χ0) is 14.5. The van der Waals surface area contributed by atoms with E-state index in [1.807, 2.05) is 0 Å². The monoisotopic (exact) mass is 370 g/mol. The molecule has 1 N–H and O–H groups in total. The Labute approximate surface area is 124 Å². The summed E-state index contributed by atoms with van der Waals surface area (Å²) in [6.07, 6.45) is 1.67. The molecule has 0 spiro atoms. The van der Waals surface area contributed by atoms with E-state index in [0.29, 0.717) is 4.47 Å². The number of rotatable bonds is 6. The highest BCUT2D eigenvalue weighted by Crippen LogP contribution is 2.24. The predicted octanol–water partition coefficient (Wildman–Crippen LogP) is 2.19. The fourth-order valence-corrected chi connectivity index (χ4v) is 2.88. The van der Waals surface area contributed by atoms with Crippen LogP contribution in [0.1, 0.15) is 12.8 Å². The smallest absolute Gasteiger partial charge is 0.305 e. The summed E-state index contributed by atoms with van der Waals surface area (Å²) in [4.78, 5) is 14.7. The van der Waals surface area contributed by atoms with E-state index in [0.717, 1.165) is 0 Å². The van der Waals surface area contributed by atoms with Crippen LogP contribution in [0.3, 0.4) is 0 Å². The van der Waals surface area contributed by atoms with Gasteiger partial charge in [-0.15, -0.1) is 0 Å². The summed E-state index contributed by atoms with van der Waals surface area (Å²) in [7, 11) is -2.33. The van der Waals surface area contributed by atoms with E-state index in [-0.39, 0.29) is 29.4 Å². The minimum atomic E-state index is -3.58. The highest BCUT2D eigenvalue weighted by Gasteiger charge is 2.14. The van der Waals surface area contributed by atoms with Crippen molar-refractivity contribution >= 4 is 49.2 Å². The van der Waals surface area contributed by atoms with Crippen molar-refractivity contribution in [2.45, 2.75) is 12.8 Å². The fourth-order valence-electron chi connectivity index (χ4n) is 1.22. The number of ether oxygens (including phenoxy) is 1. The Morgan fingerprint density at radius 1 is 1.58 bits per heavy atom. The lowest BCUT2D eigenvalue weighted by molar-refractivity contribution is -0.140. The quantitative estimate of drug-likeness (QED) is 0.612. The molecule has 19 heavy (non-hydrogen) atoms. The van der Waals surface area contributed by atoms with Crippen molar-refractivity contribution in [2.24, 2.45) is 0 Å². The van der Waals surface area contributed by atoms with Crippen molar-refractivity contribution < 1.29 is 17.9 Å². The minimum Gasteiger partial charge on any atom is -0.469 e. The summed E-state index contributed by atoms with van der Waals surface area (Å²) in [5, 5.41) is 0.0553. The lowest BCUT2D eigenvalue weighted by atomic mass is 10.3. The summed E-state index contributed by atoms with van der Waals surface area (Å²) in [6, 6.07) is 1.51. The summed E-state index contributed by atoms with van der Waals surface area (Å²) < 4.78 is 30.9. The third-order valence-corrected chi connectivity index (χ3v) is 4.18. The van der Waals surface area contributed by atoms with E-state index in [4.69, 9.17) is 11.6 Å². The first-order valence-electron chi connectivity index (χ1n) is 5.22. The zero-order valence-corrected chi connectivity index (χ0v) is 13.2. The molecule has 1 rings (SSSR count). The first kappa shape index (κ1) is 16.2. The van der Waals surface area contributed by atoms with Crippen molar-refractivity contribution in [3.63, 3.8) is 0 Å². The van der Waals surface area contributed by atoms with Crippen LogP contribution in [-0.4, -0.2) is 32.2 Å². The number of esters is 1. The predicted molar refractivity (Wildman–Crippen MR) is 75.6 cm³/mol. The standard InChI is InChI=1S/C10H12BrClN2O4S/c1-18-9(15)3-2-4-19(16,17)14-8-5-7(11)6-13-10(8)12/h5-6,14H,2-4H2,1H3. The van der Waals surface area contributed by atoms with Gasteiger partial charge in [-0.3, -0.25) is 9.52 Å². The Kier molecular flexibility index (Phi) is 6.02. The van der Waals surface area contributed by atoms with Gasteiger partial charge in [-0.25, -0.2) is 13.4 Å². The number of nitrogens with zero attached hydrogens (tertiary/aromatic N) is 1. The van der Waals surface area contributed by atoms with E-state index in [1.54, 1.807) is 0 Å². The fraction of sp³-hybridized carbons (Fsp3) is 0.400. The van der Waals surface area contributed by atoms with E-state index in [9.17, 15) is 13.2 Å². The van der Waals surface area contributed by atoms with Gasteiger partial charge in [-0.1, -0.05) is 11.6 Å². The number of halogens is 2. The summed E-state index contributed by atoms with van der Waals surface area (Å²) in [6.45, 7) is 0. The van der Waals surface area contributed by atoms with Crippen LogP contribution in [0.25, 0.3) is 0 Å². The lowest BCUT2D eigenvalue weighted by Crippen LogP contribution is -2.18. The number of carbonyl (C=O) groups excluding carboxylic acids is 1. The van der Waals surface area contributed by atoms with Crippen LogP contribution >= 0.6 is 27.5 Å². The largest absolute Gasteiger partial charge is 0.469 e. The van der Waals surface area contributed by atoms with Gasteiger partial charge in [0.2, 0.25) is 10.0 Å². The number of nitrogens with one attached hydrogen (secondary N) is 1. The van der Waals surface area contributed by atoms with E-state index in [1.165, 1.54) is 19.4 Å². The van der Waals surface area contributed by atoms with E-state index in [2.05, 4.69) is 30.4 Å². The average molecular weight is 372 g/mol. The van der Waals surface area contributed by atoms with Gasteiger partial charge in [0, 0.05) is 17.1 Å². The van der Waals surface area contributed by atoms with Crippen molar-refractivity contribution in [2.75, 3.05) is 17.6 Å². The third-order valence-electron chi connectivity index (χ3n) is 2.09. The van der Waals surface area contributed by atoms with Crippen LogP contribution in [0.5, 0.6) is 0 Å². The second-order valence-corrected chi connectivity index (χ2v) is 6.71. The number of pyridine rings is 1. The minimum absolute atomic E-state index is 0.0435. The van der Waals surface area contributed by atoms with Gasteiger partial charge in [0.05, 0.1) is 18.6 Å². The number of methoxy groups -OCH3 is 1. The maximum absolute atomic E-state index is 11.8. The molecule has 1 heterocycles. The maximum atomic E-state index is 11.8. The number of hydrogen-bond donors (Lipinski definition) is 1. The van der Waals surface area contributed by atoms with Crippen molar-refractivity contribution in [3.05, 3.63) is 21.9 Å². The molecule has 1 aromatic rings. The van der Waals surface area contributed by atoms with Gasteiger partial charge in [-0.2, -0.15) is 0 Å². The zero-order valence-electron chi connectivity index (χ0n) is 10.0. The van der Waals surface area contributed by atoms with Crippen LogP contribution in [0, 0.1) is 0 Å². The van der Waals surface area contributed by atoms with Crippen LogP contribution in [0.15, 0.2) is 16.7 Å². The molecule has 0 amide bonds. The Hall–Kier alpha value is -0.860. The van der Waals surface area contributed by atoms with Gasteiger partial charge in [-0.05, 0) is 28.4 Å². The molecule has 9 heteroatoms. The molecule has 0 saturated heterocycles. The molecule has 0 aliphatic carbocycles. The number of hydrogen-bond acceptors (Lipinski definition) is 5. The summed E-state index contributed by atoms with van der Waals surface area (Å²) in [5.41, 5.74) is 0.189. The molecule has 0 fully saturated rings. The second-order valence-electron chi connectivity index (χ2n) is 3.59. The number of carbonyl (C=O) groups is 1.